The van der Waals surface area contributed by atoms with E-state index >= 15 is 0 Å². The molecular weight excluding hydrogens is 401 g/mol. The summed E-state index contributed by atoms with van der Waals surface area (Å²) in [7, 11) is 1.96. The molecule has 0 aliphatic heterocycles. The molecule has 3 aromatic heterocycles. The fourth-order valence-corrected chi connectivity index (χ4v) is 4.20. The number of aromatic nitrogens is 2. The molecule has 3 heterocycles. The normalized spacial score (nSPS) is 11.4. The number of benzene rings is 1. The number of aryl methyl sites for hydroxylation is 1. The van der Waals surface area contributed by atoms with Gasteiger partial charge in [-0.15, -0.1) is 11.3 Å². The maximum Gasteiger partial charge on any atom is 0.165 e. The number of nitrogens with zero attached hydrogens (tertiary/aromatic N) is 3. The highest BCUT2D eigenvalue weighted by molar-refractivity contribution is 7.22. The molecule has 4 aromatic rings. The Morgan fingerprint density at radius 3 is 2.70 bits per heavy atom. The number of thiophene rings is 1. The number of likely N-dealkylation sites (N-methyl/N-ethyl adjacent to an activating group) is 1. The molecule has 0 saturated heterocycles. The summed E-state index contributed by atoms with van der Waals surface area (Å²) in [6.07, 6.45) is 3.51. The minimum absolute atomic E-state index is 0.133. The van der Waals surface area contributed by atoms with E-state index in [2.05, 4.69) is 9.97 Å². The molecule has 1 N–H and O–H groups in total. The van der Waals surface area contributed by atoms with Gasteiger partial charge in [0.2, 0.25) is 0 Å². The van der Waals surface area contributed by atoms with Crippen molar-refractivity contribution in [1.82, 2.24) is 14.9 Å². The van der Waals surface area contributed by atoms with Gasteiger partial charge in [-0.2, -0.15) is 0 Å². The largest absolute Gasteiger partial charge is 0.453 e. The predicted molar refractivity (Wildman–Crippen MR) is 117 cm³/mol. The van der Waals surface area contributed by atoms with Crippen molar-refractivity contribution < 1.29 is 14.2 Å². The third-order valence-corrected chi connectivity index (χ3v) is 5.86. The molecule has 154 valence electrons. The Balaban J connectivity index is 1.60. The summed E-state index contributed by atoms with van der Waals surface area (Å²) in [6, 6.07) is 12.6. The lowest BCUT2D eigenvalue weighted by Crippen LogP contribution is -2.21. The first-order chi connectivity index (χ1) is 14.5. The predicted octanol–water partition coefficient (Wildman–Crippen LogP) is 5.02. The summed E-state index contributed by atoms with van der Waals surface area (Å²) in [6.45, 7) is 3.32. The third-order valence-electron chi connectivity index (χ3n) is 4.69. The van der Waals surface area contributed by atoms with Crippen LogP contribution in [0.25, 0.3) is 20.8 Å². The third kappa shape index (κ3) is 4.48. The zero-order chi connectivity index (χ0) is 21.1. The Morgan fingerprint density at radius 2 is 1.97 bits per heavy atom. The highest BCUT2D eigenvalue weighted by Gasteiger charge is 2.13. The van der Waals surface area contributed by atoms with Gasteiger partial charge in [-0.25, -0.2) is 4.39 Å². The van der Waals surface area contributed by atoms with Crippen molar-refractivity contribution in [1.29, 1.82) is 0 Å². The van der Waals surface area contributed by atoms with E-state index in [0.717, 1.165) is 38.5 Å². The molecule has 30 heavy (non-hydrogen) atoms. The first-order valence-corrected chi connectivity index (χ1v) is 10.4. The van der Waals surface area contributed by atoms with Crippen molar-refractivity contribution in [3.63, 3.8) is 0 Å². The second-order valence-corrected chi connectivity index (χ2v) is 8.24. The number of halogens is 1. The molecule has 4 rings (SSSR count). The van der Waals surface area contributed by atoms with E-state index in [1.165, 1.54) is 17.4 Å². The van der Waals surface area contributed by atoms with Crippen molar-refractivity contribution >= 4 is 21.6 Å². The molecule has 0 atom stereocenters. The maximum absolute atomic E-state index is 14.2. The molecule has 0 radical (unpaired) electrons. The van der Waals surface area contributed by atoms with Gasteiger partial charge in [0.15, 0.2) is 11.6 Å². The Hall–Kier alpha value is -2.87. The van der Waals surface area contributed by atoms with Crippen LogP contribution in [0.1, 0.15) is 11.1 Å². The molecule has 0 amide bonds. The molecule has 0 saturated carbocycles. The molecule has 0 aliphatic rings. The Bertz CT molecular complexity index is 1160. The van der Waals surface area contributed by atoms with Crippen molar-refractivity contribution in [2.45, 2.75) is 13.5 Å². The number of hydrogen-bond acceptors (Lipinski definition) is 6. The van der Waals surface area contributed by atoms with Crippen LogP contribution < -0.4 is 4.74 Å². The fourth-order valence-electron chi connectivity index (χ4n) is 3.15. The average molecular weight is 424 g/mol. The minimum atomic E-state index is -0.389. The van der Waals surface area contributed by atoms with E-state index < -0.39 is 0 Å². The van der Waals surface area contributed by atoms with Crippen molar-refractivity contribution in [3.8, 4) is 22.1 Å². The molecule has 5 nitrogen and oxygen atoms in total. The number of pyridine rings is 2. The van der Waals surface area contributed by atoms with Crippen LogP contribution >= 0.6 is 11.3 Å². The van der Waals surface area contributed by atoms with E-state index in [1.54, 1.807) is 18.3 Å². The quantitative estimate of drug-likeness (QED) is 0.452. The first kappa shape index (κ1) is 20.4. The SMILES string of the molecule is Cc1ccc(Oc2ccnc3cc(-c4ccc(CN(C)CCO)cn4)sc23)c(F)c1. The summed E-state index contributed by atoms with van der Waals surface area (Å²) in [4.78, 5) is 12.0. The number of rotatable bonds is 7. The maximum atomic E-state index is 14.2. The standard InChI is InChI=1S/C23H22FN3O2S/c1-15-3-6-20(17(24)11-15)29-21-7-8-25-19-12-22(30-23(19)21)18-5-4-16(13-26-18)14-27(2)9-10-28/h3-8,11-13,28H,9-10,14H2,1-2H3. The van der Waals surface area contributed by atoms with Gasteiger partial charge in [-0.05, 0) is 49.4 Å². The van der Waals surface area contributed by atoms with Crippen molar-refractivity contribution in [2.75, 3.05) is 20.2 Å². The van der Waals surface area contributed by atoms with Crippen LogP contribution in [0.5, 0.6) is 11.5 Å². The monoisotopic (exact) mass is 423 g/mol. The van der Waals surface area contributed by atoms with Crippen LogP contribution in [0, 0.1) is 12.7 Å². The van der Waals surface area contributed by atoms with E-state index in [1.807, 2.05) is 49.3 Å². The van der Waals surface area contributed by atoms with Gasteiger partial charge in [0.1, 0.15) is 5.75 Å². The smallest absolute Gasteiger partial charge is 0.165 e. The van der Waals surface area contributed by atoms with Gasteiger partial charge in [-0.1, -0.05) is 12.1 Å². The minimum Gasteiger partial charge on any atom is -0.453 e. The van der Waals surface area contributed by atoms with Gasteiger partial charge in [0.05, 0.1) is 27.4 Å². The van der Waals surface area contributed by atoms with Gasteiger partial charge in [0.25, 0.3) is 0 Å². The second kappa shape index (κ2) is 8.87. The van der Waals surface area contributed by atoms with E-state index in [-0.39, 0.29) is 18.2 Å². The summed E-state index contributed by atoms with van der Waals surface area (Å²) in [5.74, 6) is 0.374. The lowest BCUT2D eigenvalue weighted by Gasteiger charge is -2.14. The summed E-state index contributed by atoms with van der Waals surface area (Å²) in [5, 5.41) is 9.03. The topological polar surface area (TPSA) is 58.5 Å². The van der Waals surface area contributed by atoms with Crippen LogP contribution in [-0.4, -0.2) is 40.2 Å². The molecular formula is C23H22FN3O2S. The van der Waals surface area contributed by atoms with Crippen LogP contribution in [0.15, 0.2) is 54.9 Å². The van der Waals surface area contributed by atoms with E-state index in [4.69, 9.17) is 9.84 Å². The van der Waals surface area contributed by atoms with Crippen LogP contribution in [0.2, 0.25) is 0 Å². The van der Waals surface area contributed by atoms with Crippen LogP contribution in [0.3, 0.4) is 0 Å². The Labute approximate surface area is 178 Å². The molecule has 0 fully saturated rings. The van der Waals surface area contributed by atoms with Crippen LogP contribution in [0.4, 0.5) is 4.39 Å². The molecule has 0 aliphatic carbocycles. The molecule has 7 heteroatoms. The molecule has 1 aromatic carbocycles. The zero-order valence-corrected chi connectivity index (χ0v) is 17.6. The van der Waals surface area contributed by atoms with E-state index in [9.17, 15) is 4.39 Å². The van der Waals surface area contributed by atoms with Crippen molar-refractivity contribution in [2.24, 2.45) is 0 Å². The fraction of sp³-hybridized carbons (Fsp3) is 0.217. The van der Waals surface area contributed by atoms with E-state index in [0.29, 0.717) is 12.3 Å². The van der Waals surface area contributed by atoms with Gasteiger partial charge in [0, 0.05) is 31.5 Å². The van der Waals surface area contributed by atoms with Gasteiger partial charge >= 0.3 is 0 Å². The summed E-state index contributed by atoms with van der Waals surface area (Å²) >= 11 is 1.52. The lowest BCUT2D eigenvalue weighted by molar-refractivity contribution is 0.217. The lowest BCUT2D eigenvalue weighted by atomic mass is 10.2. The van der Waals surface area contributed by atoms with Gasteiger partial charge in [-0.3, -0.25) is 14.9 Å². The summed E-state index contributed by atoms with van der Waals surface area (Å²) < 4.78 is 20.9. The second-order valence-electron chi connectivity index (χ2n) is 7.18. The number of aliphatic hydroxyl groups excluding tert-OH is 1. The number of aliphatic hydroxyl groups is 1. The number of hydrogen-bond donors (Lipinski definition) is 1. The highest BCUT2D eigenvalue weighted by atomic mass is 32.1. The zero-order valence-electron chi connectivity index (χ0n) is 16.8. The Morgan fingerprint density at radius 1 is 1.10 bits per heavy atom. The Kier molecular flexibility index (Phi) is 6.03. The molecule has 0 bridgehead atoms. The van der Waals surface area contributed by atoms with Crippen LogP contribution in [-0.2, 0) is 6.54 Å². The molecule has 0 spiro atoms. The average Bonchev–Trinajstić information content (AvgIpc) is 3.16. The number of ether oxygens (including phenoxy) is 1. The van der Waals surface area contributed by atoms with Gasteiger partial charge < -0.3 is 9.84 Å². The highest BCUT2D eigenvalue weighted by Crippen LogP contribution is 2.39. The summed E-state index contributed by atoms with van der Waals surface area (Å²) in [5.41, 5.74) is 3.55. The number of fused-ring (bicyclic) bond motifs is 1. The van der Waals surface area contributed by atoms with Crippen molar-refractivity contribution in [3.05, 3.63) is 71.8 Å². The molecule has 0 unspecified atom stereocenters. The first-order valence-electron chi connectivity index (χ1n) is 9.61.